The van der Waals surface area contributed by atoms with Crippen LogP contribution < -0.4 is 0 Å². The summed E-state index contributed by atoms with van der Waals surface area (Å²) in [7, 11) is -0.534. The molecule has 55 valence electrons. The van der Waals surface area contributed by atoms with Gasteiger partial charge in [0.1, 0.15) is 0 Å². The molecule has 1 aromatic carbocycles. The molecular formula is C9H13S. The van der Waals surface area contributed by atoms with Crippen LogP contribution in [0.1, 0.15) is 0 Å². The average Bonchev–Trinajstić information content (AvgIpc) is 1.88. The van der Waals surface area contributed by atoms with Gasteiger partial charge >= 0.3 is 0 Å². The monoisotopic (exact) mass is 153 g/mol. The molecule has 0 N–H and O–H groups in total. The van der Waals surface area contributed by atoms with Gasteiger partial charge in [-0.05, 0) is 35.8 Å². The Morgan fingerprint density at radius 3 is 2.30 bits per heavy atom. The van der Waals surface area contributed by atoms with Gasteiger partial charge in [0, 0.05) is 0 Å². The zero-order valence-corrected chi connectivity index (χ0v) is 7.53. The molecule has 0 bridgehead atoms. The maximum Gasteiger partial charge on any atom is -0.0100 e. The van der Waals surface area contributed by atoms with Crippen molar-refractivity contribution in [3.05, 3.63) is 30.3 Å². The smallest absolute Gasteiger partial charge is 0.0100 e. The molecule has 10 heavy (non-hydrogen) atoms. The van der Waals surface area contributed by atoms with E-state index in [0.717, 1.165) is 0 Å². The van der Waals surface area contributed by atoms with Crippen molar-refractivity contribution in [1.29, 1.82) is 0 Å². The summed E-state index contributed by atoms with van der Waals surface area (Å²) in [5.41, 5.74) is 0. The van der Waals surface area contributed by atoms with Crippen molar-refractivity contribution in [3.63, 3.8) is 0 Å². The first-order valence-electron chi connectivity index (χ1n) is 3.25. The van der Waals surface area contributed by atoms with E-state index in [1.807, 2.05) is 12.1 Å². The molecule has 0 heterocycles. The predicted molar refractivity (Wildman–Crippen MR) is 48.9 cm³/mol. The van der Waals surface area contributed by atoms with Crippen LogP contribution in [0.2, 0.25) is 0 Å². The van der Waals surface area contributed by atoms with Crippen LogP contribution in [0.25, 0.3) is 0 Å². The second-order valence-corrected chi connectivity index (χ2v) is 7.22. The number of rotatable bonds is 1. The van der Waals surface area contributed by atoms with Gasteiger partial charge in [-0.2, -0.15) is 0 Å². The first-order chi connectivity index (χ1) is 4.61. The van der Waals surface area contributed by atoms with Crippen molar-refractivity contribution in [2.24, 2.45) is 0 Å². The van der Waals surface area contributed by atoms with Crippen molar-refractivity contribution in [1.82, 2.24) is 0 Å². The molecule has 0 atom stereocenters. The number of hydrogen-bond acceptors (Lipinski definition) is 0. The Bertz CT molecular complexity index is 196. The van der Waals surface area contributed by atoms with E-state index in [9.17, 15) is 0 Å². The molecule has 0 unspecified atom stereocenters. The van der Waals surface area contributed by atoms with E-state index >= 15 is 0 Å². The lowest BCUT2D eigenvalue weighted by molar-refractivity contribution is 1.43. The first-order valence-corrected chi connectivity index (χ1v) is 6.11. The van der Waals surface area contributed by atoms with Crippen molar-refractivity contribution < 1.29 is 0 Å². The summed E-state index contributed by atoms with van der Waals surface area (Å²) in [6.07, 6.45) is 6.86. The van der Waals surface area contributed by atoms with Gasteiger partial charge < -0.3 is 0 Å². The van der Waals surface area contributed by atoms with E-state index in [4.69, 9.17) is 0 Å². The van der Waals surface area contributed by atoms with E-state index in [-0.39, 0.29) is 0 Å². The van der Waals surface area contributed by atoms with E-state index < -0.39 is 10.0 Å². The molecule has 1 rings (SSSR count). The third-order valence-corrected chi connectivity index (χ3v) is 3.05. The third kappa shape index (κ3) is 1.77. The van der Waals surface area contributed by atoms with Gasteiger partial charge in [-0.15, -0.1) is 0 Å². The molecule has 1 radical (unpaired) electrons. The normalized spacial score (nSPS) is 13.1. The van der Waals surface area contributed by atoms with E-state index in [1.54, 1.807) is 0 Å². The highest BCUT2D eigenvalue weighted by Crippen LogP contribution is 2.44. The maximum atomic E-state index is 3.09. The Labute approximate surface area is 64.6 Å². The second-order valence-electron chi connectivity index (χ2n) is 3.08. The van der Waals surface area contributed by atoms with Gasteiger partial charge in [0.25, 0.3) is 0 Å². The molecule has 0 amide bonds. The topological polar surface area (TPSA) is 0 Å². The number of hydrogen-bond donors (Lipinski definition) is 0. The summed E-state index contributed by atoms with van der Waals surface area (Å²) in [6, 6.07) is 11.3. The maximum absolute atomic E-state index is 3.09. The van der Waals surface area contributed by atoms with E-state index in [2.05, 4.69) is 37.0 Å². The largest absolute Gasteiger partial charge is 0.223 e. The molecule has 0 saturated heterocycles. The summed E-state index contributed by atoms with van der Waals surface area (Å²) >= 11 is 0. The average molecular weight is 153 g/mol. The lowest BCUT2D eigenvalue weighted by Gasteiger charge is -2.25. The van der Waals surface area contributed by atoms with Gasteiger partial charge in [0.05, 0.1) is 0 Å². The third-order valence-electron chi connectivity index (χ3n) is 1.39. The van der Waals surface area contributed by atoms with Gasteiger partial charge in [-0.3, -0.25) is 0 Å². The first kappa shape index (κ1) is 7.67. The molecule has 0 aliphatic rings. The van der Waals surface area contributed by atoms with Gasteiger partial charge in [0.2, 0.25) is 0 Å². The van der Waals surface area contributed by atoms with Crippen LogP contribution >= 0.6 is 10.0 Å². The quantitative estimate of drug-likeness (QED) is 0.581. The zero-order chi connectivity index (χ0) is 7.61. The molecule has 0 aromatic heterocycles. The van der Waals surface area contributed by atoms with Crippen LogP contribution in [0, 0.1) is 6.07 Å². The molecule has 0 fully saturated rings. The Balaban J connectivity index is 2.97. The molecule has 1 heteroatoms. The lowest BCUT2D eigenvalue weighted by Crippen LogP contribution is -1.91. The Morgan fingerprint density at radius 2 is 2.00 bits per heavy atom. The second kappa shape index (κ2) is 2.67. The fourth-order valence-electron chi connectivity index (χ4n) is 0.758. The Morgan fingerprint density at radius 1 is 1.30 bits per heavy atom. The van der Waals surface area contributed by atoms with Crippen molar-refractivity contribution in [3.8, 4) is 0 Å². The van der Waals surface area contributed by atoms with Crippen LogP contribution in [0.4, 0.5) is 0 Å². The molecule has 0 saturated carbocycles. The highest BCUT2D eigenvalue weighted by molar-refractivity contribution is 8.32. The van der Waals surface area contributed by atoms with Crippen molar-refractivity contribution in [2.45, 2.75) is 4.90 Å². The summed E-state index contributed by atoms with van der Waals surface area (Å²) in [5.74, 6) is 0. The highest BCUT2D eigenvalue weighted by atomic mass is 32.3. The molecule has 0 aliphatic carbocycles. The fraction of sp³-hybridized carbons (Fsp3) is 0.333. The van der Waals surface area contributed by atoms with Crippen LogP contribution in [-0.2, 0) is 0 Å². The van der Waals surface area contributed by atoms with Crippen LogP contribution in [0.15, 0.2) is 29.2 Å². The standard InChI is InChI=1S/C9H13S/c1-10(2,3)9-7-5-4-6-8-9/h4-5,7-8H,1-3H3. The molecule has 0 aliphatic heterocycles. The van der Waals surface area contributed by atoms with E-state index in [1.165, 1.54) is 4.90 Å². The summed E-state index contributed by atoms with van der Waals surface area (Å²) in [4.78, 5) is 1.43. The molecule has 0 nitrogen and oxygen atoms in total. The summed E-state index contributed by atoms with van der Waals surface area (Å²) in [6.45, 7) is 0. The summed E-state index contributed by atoms with van der Waals surface area (Å²) in [5, 5.41) is 0. The van der Waals surface area contributed by atoms with Crippen molar-refractivity contribution >= 4 is 10.0 Å². The Hall–Kier alpha value is -0.430. The van der Waals surface area contributed by atoms with Gasteiger partial charge in [0.15, 0.2) is 0 Å². The number of benzene rings is 1. The minimum atomic E-state index is -0.534. The van der Waals surface area contributed by atoms with Crippen LogP contribution in [0.3, 0.4) is 0 Å². The van der Waals surface area contributed by atoms with Crippen molar-refractivity contribution in [2.75, 3.05) is 18.8 Å². The molecular weight excluding hydrogens is 140 g/mol. The minimum Gasteiger partial charge on any atom is -0.223 e. The highest BCUT2D eigenvalue weighted by Gasteiger charge is 2.04. The summed E-state index contributed by atoms with van der Waals surface area (Å²) < 4.78 is 0. The fourth-order valence-corrected chi connectivity index (χ4v) is 1.67. The van der Waals surface area contributed by atoms with Gasteiger partial charge in [-0.25, -0.2) is 10.0 Å². The SMILES string of the molecule is CS(C)(C)c1c[c]ccc1. The molecule has 0 spiro atoms. The van der Waals surface area contributed by atoms with E-state index in [0.29, 0.717) is 0 Å². The minimum absolute atomic E-state index is 0.534. The van der Waals surface area contributed by atoms with Gasteiger partial charge in [-0.1, -0.05) is 18.2 Å². The van der Waals surface area contributed by atoms with Crippen LogP contribution in [0.5, 0.6) is 0 Å². The molecule has 1 aromatic rings. The van der Waals surface area contributed by atoms with Crippen LogP contribution in [-0.4, -0.2) is 18.8 Å². The Kier molecular flexibility index (Phi) is 2.05. The predicted octanol–water partition coefficient (Wildman–Crippen LogP) is 2.54. The zero-order valence-electron chi connectivity index (χ0n) is 6.72. The lowest BCUT2D eigenvalue weighted by atomic mass is 10.4.